The van der Waals surface area contributed by atoms with E-state index in [9.17, 15) is 4.79 Å². The lowest BCUT2D eigenvalue weighted by atomic mass is 9.81. The lowest BCUT2D eigenvalue weighted by molar-refractivity contribution is -0.155. The van der Waals surface area contributed by atoms with Gasteiger partial charge >= 0.3 is 0 Å². The topological polar surface area (TPSA) is 26.8 Å². The molecule has 0 bridgehead atoms. The fourth-order valence-corrected chi connectivity index (χ4v) is 5.43. The van der Waals surface area contributed by atoms with Crippen LogP contribution in [-0.4, -0.2) is 66.0 Å². The molecule has 4 nitrogen and oxygen atoms in total. The summed E-state index contributed by atoms with van der Waals surface area (Å²) >= 11 is 6.19. The van der Waals surface area contributed by atoms with Gasteiger partial charge in [-0.15, -0.1) is 0 Å². The fraction of sp³-hybridized carbons (Fsp3) is 0.667. The molecule has 0 radical (unpaired) electrons. The molecule has 2 aliphatic heterocycles. The monoisotopic (exact) mass is 375 g/mol. The average molecular weight is 376 g/mol. The second-order valence-corrected chi connectivity index (χ2v) is 8.86. The van der Waals surface area contributed by atoms with Crippen LogP contribution in [0.5, 0.6) is 0 Å². The van der Waals surface area contributed by atoms with Gasteiger partial charge in [-0.1, -0.05) is 17.7 Å². The number of carbonyl (C=O) groups is 1. The minimum Gasteiger partial charge on any atom is -0.321 e. The predicted octanol–water partition coefficient (Wildman–Crippen LogP) is 3.35. The molecule has 2 atom stereocenters. The van der Waals surface area contributed by atoms with Gasteiger partial charge in [0, 0.05) is 37.7 Å². The van der Waals surface area contributed by atoms with E-state index < -0.39 is 0 Å². The van der Waals surface area contributed by atoms with Gasteiger partial charge in [0.05, 0.1) is 5.92 Å². The average Bonchev–Trinajstić information content (AvgIpc) is 3.16. The number of benzene rings is 1. The number of rotatable bonds is 2. The van der Waals surface area contributed by atoms with E-state index in [0.29, 0.717) is 5.91 Å². The molecule has 2 fully saturated rings. The molecule has 2 saturated heterocycles. The Morgan fingerprint density at radius 2 is 1.92 bits per heavy atom. The molecular weight excluding hydrogens is 346 g/mol. The van der Waals surface area contributed by atoms with Crippen LogP contribution in [0.2, 0.25) is 5.02 Å². The molecule has 26 heavy (non-hydrogen) atoms. The second-order valence-electron chi connectivity index (χ2n) is 8.43. The summed E-state index contributed by atoms with van der Waals surface area (Å²) in [7, 11) is 2.17. The van der Waals surface area contributed by atoms with Gasteiger partial charge < -0.3 is 9.80 Å². The highest BCUT2D eigenvalue weighted by Gasteiger charge is 2.46. The number of amides is 1. The van der Waals surface area contributed by atoms with Gasteiger partial charge in [0.15, 0.2) is 0 Å². The maximum absolute atomic E-state index is 13.7. The molecule has 1 amide bonds. The van der Waals surface area contributed by atoms with Crippen molar-refractivity contribution in [2.75, 3.05) is 39.8 Å². The minimum atomic E-state index is -0.190. The van der Waals surface area contributed by atoms with Crippen molar-refractivity contribution in [3.8, 4) is 0 Å². The molecule has 1 aromatic rings. The highest BCUT2D eigenvalue weighted by atomic mass is 35.5. The number of hydrogen-bond donors (Lipinski definition) is 0. The number of likely N-dealkylation sites (tertiary alicyclic amines) is 1. The quantitative estimate of drug-likeness (QED) is 0.793. The zero-order valence-corrected chi connectivity index (χ0v) is 16.8. The SMILES string of the molecule is CN1CCN(C(=O)C2CCCc3cc(Cl)ccc32)C(C)(N2CCCC2)C1. The molecule has 142 valence electrons. The first kappa shape index (κ1) is 18.3. The third kappa shape index (κ3) is 3.17. The number of halogens is 1. The van der Waals surface area contributed by atoms with Gasteiger partial charge in [-0.2, -0.15) is 0 Å². The molecule has 2 unspecified atom stereocenters. The first-order chi connectivity index (χ1) is 12.5. The van der Waals surface area contributed by atoms with Gasteiger partial charge in [-0.3, -0.25) is 9.69 Å². The van der Waals surface area contributed by atoms with E-state index in [4.69, 9.17) is 11.6 Å². The molecule has 1 aliphatic carbocycles. The van der Waals surface area contributed by atoms with Crippen molar-refractivity contribution in [3.63, 3.8) is 0 Å². The summed E-state index contributed by atoms with van der Waals surface area (Å²) in [5.41, 5.74) is 2.28. The zero-order chi connectivity index (χ0) is 18.3. The Morgan fingerprint density at radius 1 is 1.15 bits per heavy atom. The number of nitrogens with zero attached hydrogens (tertiary/aromatic N) is 3. The smallest absolute Gasteiger partial charge is 0.231 e. The van der Waals surface area contributed by atoms with Crippen molar-refractivity contribution in [1.29, 1.82) is 0 Å². The summed E-state index contributed by atoms with van der Waals surface area (Å²) in [6.45, 7) is 7.18. The van der Waals surface area contributed by atoms with Gasteiger partial charge in [0.1, 0.15) is 5.66 Å². The molecule has 0 N–H and O–H groups in total. The van der Waals surface area contributed by atoms with E-state index in [-0.39, 0.29) is 11.6 Å². The van der Waals surface area contributed by atoms with Crippen LogP contribution in [0.25, 0.3) is 0 Å². The molecule has 0 aromatic heterocycles. The van der Waals surface area contributed by atoms with Crippen LogP contribution in [0.1, 0.15) is 49.7 Å². The summed E-state index contributed by atoms with van der Waals surface area (Å²) in [5, 5.41) is 0.776. The molecule has 0 spiro atoms. The molecule has 3 aliphatic rings. The van der Waals surface area contributed by atoms with Gasteiger partial charge in [0.25, 0.3) is 0 Å². The molecule has 4 rings (SSSR count). The third-order valence-corrected chi connectivity index (χ3v) is 6.86. The third-order valence-electron chi connectivity index (χ3n) is 6.63. The highest BCUT2D eigenvalue weighted by Crippen LogP contribution is 2.38. The van der Waals surface area contributed by atoms with E-state index in [1.54, 1.807) is 0 Å². The zero-order valence-electron chi connectivity index (χ0n) is 16.0. The van der Waals surface area contributed by atoms with E-state index >= 15 is 0 Å². The summed E-state index contributed by atoms with van der Waals surface area (Å²) < 4.78 is 0. The number of likely N-dealkylation sites (N-methyl/N-ethyl adjacent to an activating group) is 1. The van der Waals surface area contributed by atoms with Gasteiger partial charge in [-0.05, 0) is 69.3 Å². The Kier molecular flexibility index (Phi) is 5.02. The molecule has 5 heteroatoms. The van der Waals surface area contributed by atoms with Crippen molar-refractivity contribution < 1.29 is 4.79 Å². The lowest BCUT2D eigenvalue weighted by Crippen LogP contribution is -2.69. The van der Waals surface area contributed by atoms with Crippen molar-refractivity contribution in [3.05, 3.63) is 34.3 Å². The van der Waals surface area contributed by atoms with E-state index in [1.165, 1.54) is 24.0 Å². The lowest BCUT2D eigenvalue weighted by Gasteiger charge is -2.53. The number of hydrogen-bond acceptors (Lipinski definition) is 3. The van der Waals surface area contributed by atoms with Crippen molar-refractivity contribution in [2.24, 2.45) is 0 Å². The van der Waals surface area contributed by atoms with Crippen LogP contribution < -0.4 is 0 Å². The van der Waals surface area contributed by atoms with Crippen LogP contribution in [-0.2, 0) is 11.2 Å². The standard InChI is InChI=1S/C21H30ClN3O/c1-21(24-10-3-4-11-24)15-23(2)12-13-25(21)20(26)19-7-5-6-16-14-17(22)8-9-18(16)19/h8-9,14,19H,3-7,10-13,15H2,1-2H3. The Hall–Kier alpha value is -1.10. The maximum Gasteiger partial charge on any atom is 0.231 e. The van der Waals surface area contributed by atoms with Crippen molar-refractivity contribution in [2.45, 2.75) is 50.6 Å². The van der Waals surface area contributed by atoms with Gasteiger partial charge in [-0.25, -0.2) is 0 Å². The Morgan fingerprint density at radius 3 is 2.69 bits per heavy atom. The van der Waals surface area contributed by atoms with Gasteiger partial charge in [0.2, 0.25) is 5.91 Å². The van der Waals surface area contributed by atoms with Crippen molar-refractivity contribution in [1.82, 2.24) is 14.7 Å². The summed E-state index contributed by atoms with van der Waals surface area (Å²) in [4.78, 5) is 20.8. The largest absolute Gasteiger partial charge is 0.321 e. The minimum absolute atomic E-state index is 0.0126. The predicted molar refractivity (Wildman–Crippen MR) is 106 cm³/mol. The summed E-state index contributed by atoms with van der Waals surface area (Å²) in [6.07, 6.45) is 5.54. The number of carbonyl (C=O) groups excluding carboxylic acids is 1. The van der Waals surface area contributed by atoms with Crippen LogP contribution in [0.3, 0.4) is 0 Å². The molecule has 0 saturated carbocycles. The number of fused-ring (bicyclic) bond motifs is 1. The Labute approximate surface area is 162 Å². The van der Waals surface area contributed by atoms with E-state index in [0.717, 1.165) is 57.0 Å². The number of aryl methyl sites for hydroxylation is 1. The normalized spacial score (nSPS) is 30.4. The first-order valence-corrected chi connectivity index (χ1v) is 10.4. The van der Waals surface area contributed by atoms with Crippen LogP contribution in [0.4, 0.5) is 0 Å². The molecule has 1 aromatic carbocycles. The Bertz CT molecular complexity index is 688. The fourth-order valence-electron chi connectivity index (χ4n) is 5.23. The highest BCUT2D eigenvalue weighted by molar-refractivity contribution is 6.30. The maximum atomic E-state index is 13.7. The first-order valence-electron chi connectivity index (χ1n) is 10.0. The summed E-state index contributed by atoms with van der Waals surface area (Å²) in [6, 6.07) is 6.08. The van der Waals surface area contributed by atoms with Crippen LogP contribution >= 0.6 is 11.6 Å². The van der Waals surface area contributed by atoms with E-state index in [2.05, 4.69) is 40.8 Å². The molecular formula is C21H30ClN3O. The van der Waals surface area contributed by atoms with Crippen LogP contribution in [0, 0.1) is 0 Å². The Balaban J connectivity index is 1.64. The van der Waals surface area contributed by atoms with Crippen LogP contribution in [0.15, 0.2) is 18.2 Å². The molecule has 2 heterocycles. The summed E-state index contributed by atoms with van der Waals surface area (Å²) in [5.74, 6) is 0.303. The second kappa shape index (κ2) is 7.14. The number of piperazine rings is 1. The van der Waals surface area contributed by atoms with Crippen molar-refractivity contribution >= 4 is 17.5 Å². The van der Waals surface area contributed by atoms with E-state index in [1.807, 2.05) is 6.07 Å².